The van der Waals surface area contributed by atoms with Crippen LogP contribution in [0.2, 0.25) is 0 Å². The van der Waals surface area contributed by atoms with Crippen LogP contribution in [-0.2, 0) is 17.8 Å². The quantitative estimate of drug-likeness (QED) is 0.802. The number of likely N-dealkylation sites (N-methyl/N-ethyl adjacent to an activating group) is 1. The molecular weight excluding hydrogens is 312 g/mol. The van der Waals surface area contributed by atoms with Crippen LogP contribution in [0.3, 0.4) is 0 Å². The fourth-order valence-corrected chi connectivity index (χ4v) is 2.81. The number of H-pyrrole nitrogens is 1. The van der Waals surface area contributed by atoms with Gasteiger partial charge in [0.1, 0.15) is 12.4 Å². The first-order valence-electron chi connectivity index (χ1n) is 7.68. The average molecular weight is 330 g/mol. The summed E-state index contributed by atoms with van der Waals surface area (Å²) in [6, 6.07) is 0.780. The van der Waals surface area contributed by atoms with Crippen molar-refractivity contribution in [2.45, 2.75) is 32.4 Å². The zero-order valence-electron chi connectivity index (χ0n) is 13.4. The van der Waals surface area contributed by atoms with Crippen LogP contribution in [0.25, 0.3) is 0 Å². The molecule has 3 heterocycles. The van der Waals surface area contributed by atoms with Crippen molar-refractivity contribution < 1.29 is 9.59 Å². The molecule has 0 bridgehead atoms. The summed E-state index contributed by atoms with van der Waals surface area (Å²) in [5.41, 5.74) is 1.34. The average Bonchev–Trinajstić information content (AvgIpc) is 3.09. The summed E-state index contributed by atoms with van der Waals surface area (Å²) in [4.78, 5) is 42.0. The molecule has 0 aromatic carbocycles. The number of hydrogen-bond donors (Lipinski definition) is 2. The number of fused-ring (bicyclic) bond motifs is 1. The normalized spacial score (nSPS) is 17.3. The first-order chi connectivity index (χ1) is 11.5. The Morgan fingerprint density at radius 1 is 1.46 bits per heavy atom. The second-order valence-electron chi connectivity index (χ2n) is 5.60. The standard InChI is InChI=1S/C15H18N6O3/c1-3-21-7-9-4-5-10(18-14(23)13-16-8-17-19-13)15(24)20(2)11(9)6-12(21)22/h6-8,10H,3-5H2,1-2H3,(H,18,23)(H,16,17,19)/t10-/m1/s1. The summed E-state index contributed by atoms with van der Waals surface area (Å²) < 4.78 is 1.60. The van der Waals surface area contributed by atoms with E-state index in [1.54, 1.807) is 17.8 Å². The molecular formula is C15H18N6O3. The van der Waals surface area contributed by atoms with Crippen molar-refractivity contribution in [3.63, 3.8) is 0 Å². The van der Waals surface area contributed by atoms with Gasteiger partial charge in [0.25, 0.3) is 11.5 Å². The van der Waals surface area contributed by atoms with E-state index in [0.717, 1.165) is 5.56 Å². The largest absolute Gasteiger partial charge is 0.338 e. The third kappa shape index (κ3) is 2.80. The number of aromatic nitrogens is 4. The second kappa shape index (κ2) is 6.26. The number of anilines is 1. The van der Waals surface area contributed by atoms with E-state index in [-0.39, 0.29) is 17.3 Å². The van der Waals surface area contributed by atoms with Crippen LogP contribution >= 0.6 is 0 Å². The van der Waals surface area contributed by atoms with Crippen molar-refractivity contribution in [1.82, 2.24) is 25.1 Å². The van der Waals surface area contributed by atoms with Crippen molar-refractivity contribution in [3.8, 4) is 0 Å². The number of amides is 2. The van der Waals surface area contributed by atoms with Crippen molar-refractivity contribution in [2.24, 2.45) is 0 Å². The molecule has 0 fully saturated rings. The van der Waals surface area contributed by atoms with Gasteiger partial charge in [0, 0.05) is 25.9 Å². The Labute approximate surface area is 137 Å². The lowest BCUT2D eigenvalue weighted by atomic mass is 10.1. The van der Waals surface area contributed by atoms with Crippen LogP contribution in [0.1, 0.15) is 29.5 Å². The van der Waals surface area contributed by atoms with Crippen molar-refractivity contribution in [1.29, 1.82) is 0 Å². The van der Waals surface area contributed by atoms with Crippen LogP contribution in [-0.4, -0.2) is 44.7 Å². The van der Waals surface area contributed by atoms with Gasteiger partial charge in [0.2, 0.25) is 11.7 Å². The zero-order valence-corrected chi connectivity index (χ0v) is 13.4. The van der Waals surface area contributed by atoms with E-state index in [4.69, 9.17) is 0 Å². The molecule has 2 amide bonds. The molecule has 3 rings (SSSR count). The number of carbonyl (C=O) groups excluding carboxylic acids is 2. The highest BCUT2D eigenvalue weighted by atomic mass is 16.2. The molecule has 126 valence electrons. The van der Waals surface area contributed by atoms with Gasteiger partial charge in [-0.2, -0.15) is 5.10 Å². The number of hydrogen-bond acceptors (Lipinski definition) is 5. The molecule has 1 aliphatic rings. The molecule has 2 N–H and O–H groups in total. The highest BCUT2D eigenvalue weighted by Crippen LogP contribution is 2.24. The second-order valence-corrected chi connectivity index (χ2v) is 5.60. The van der Waals surface area contributed by atoms with Gasteiger partial charge < -0.3 is 14.8 Å². The summed E-state index contributed by atoms with van der Waals surface area (Å²) in [6.45, 7) is 2.45. The molecule has 2 aromatic rings. The van der Waals surface area contributed by atoms with Crippen LogP contribution in [0.5, 0.6) is 0 Å². The van der Waals surface area contributed by atoms with Crippen molar-refractivity contribution >= 4 is 17.5 Å². The predicted molar refractivity (Wildman–Crippen MR) is 85.7 cm³/mol. The Balaban J connectivity index is 1.86. The number of carbonyl (C=O) groups is 2. The molecule has 0 spiro atoms. The van der Waals surface area contributed by atoms with E-state index in [0.29, 0.717) is 25.1 Å². The molecule has 1 aliphatic heterocycles. The van der Waals surface area contributed by atoms with Gasteiger partial charge in [-0.25, -0.2) is 4.98 Å². The molecule has 9 nitrogen and oxygen atoms in total. The van der Waals surface area contributed by atoms with Gasteiger partial charge in [-0.1, -0.05) is 0 Å². The van der Waals surface area contributed by atoms with Gasteiger partial charge in [-0.05, 0) is 25.3 Å². The predicted octanol–water partition coefficient (Wildman–Crippen LogP) is -0.306. The molecule has 2 aromatic heterocycles. The first-order valence-corrected chi connectivity index (χ1v) is 7.68. The van der Waals surface area contributed by atoms with Crippen LogP contribution in [0.15, 0.2) is 23.4 Å². The van der Waals surface area contributed by atoms with Crippen LogP contribution in [0.4, 0.5) is 5.69 Å². The Bertz CT molecular complexity index is 826. The van der Waals surface area contributed by atoms with E-state index in [1.807, 2.05) is 6.92 Å². The van der Waals surface area contributed by atoms with Crippen molar-refractivity contribution in [3.05, 3.63) is 40.3 Å². The van der Waals surface area contributed by atoms with E-state index >= 15 is 0 Å². The monoisotopic (exact) mass is 330 g/mol. The number of aryl methyl sites for hydroxylation is 2. The molecule has 0 unspecified atom stereocenters. The molecule has 0 radical (unpaired) electrons. The molecule has 1 atom stereocenters. The summed E-state index contributed by atoms with van der Waals surface area (Å²) in [6.07, 6.45) is 4.03. The number of rotatable bonds is 3. The topological polar surface area (TPSA) is 113 Å². The third-order valence-corrected chi connectivity index (χ3v) is 4.15. The lowest BCUT2D eigenvalue weighted by Gasteiger charge is -2.21. The lowest BCUT2D eigenvalue weighted by molar-refractivity contribution is -0.120. The Hall–Kier alpha value is -2.97. The number of pyridine rings is 1. The van der Waals surface area contributed by atoms with Gasteiger partial charge in [-0.15, -0.1) is 0 Å². The summed E-state index contributed by atoms with van der Waals surface area (Å²) in [5, 5.41) is 8.76. The SMILES string of the molecule is CCn1cc2c(cc1=O)N(C)C(=O)[C@H](NC(=O)c1ncn[nH]1)CC2. The lowest BCUT2D eigenvalue weighted by Crippen LogP contribution is -2.47. The third-order valence-electron chi connectivity index (χ3n) is 4.15. The number of nitrogens with one attached hydrogen (secondary N) is 2. The van der Waals surface area contributed by atoms with E-state index in [9.17, 15) is 14.4 Å². The van der Waals surface area contributed by atoms with Gasteiger partial charge >= 0.3 is 0 Å². The Kier molecular flexibility index (Phi) is 4.15. The fraction of sp³-hybridized carbons (Fsp3) is 0.400. The van der Waals surface area contributed by atoms with E-state index in [2.05, 4.69) is 20.5 Å². The Morgan fingerprint density at radius 3 is 2.92 bits per heavy atom. The zero-order chi connectivity index (χ0) is 17.3. The van der Waals surface area contributed by atoms with Crippen LogP contribution < -0.4 is 15.8 Å². The molecule has 0 saturated heterocycles. The minimum Gasteiger partial charge on any atom is -0.338 e. The highest BCUT2D eigenvalue weighted by molar-refractivity contribution is 6.01. The highest BCUT2D eigenvalue weighted by Gasteiger charge is 2.30. The minimum atomic E-state index is -0.690. The summed E-state index contributed by atoms with van der Waals surface area (Å²) in [5.74, 6) is -0.702. The van der Waals surface area contributed by atoms with Gasteiger partial charge in [0.15, 0.2) is 0 Å². The molecule has 9 heteroatoms. The maximum absolute atomic E-state index is 12.6. The summed E-state index contributed by atoms with van der Waals surface area (Å²) >= 11 is 0. The van der Waals surface area contributed by atoms with E-state index in [1.165, 1.54) is 17.3 Å². The maximum Gasteiger partial charge on any atom is 0.289 e. The van der Waals surface area contributed by atoms with Crippen LogP contribution in [0, 0.1) is 0 Å². The smallest absolute Gasteiger partial charge is 0.289 e. The molecule has 0 aliphatic carbocycles. The number of aromatic amines is 1. The number of nitrogens with zero attached hydrogens (tertiary/aromatic N) is 4. The van der Waals surface area contributed by atoms with Gasteiger partial charge in [0.05, 0.1) is 5.69 Å². The minimum absolute atomic E-state index is 0.0536. The fourth-order valence-electron chi connectivity index (χ4n) is 2.81. The van der Waals surface area contributed by atoms with E-state index < -0.39 is 11.9 Å². The van der Waals surface area contributed by atoms with Gasteiger partial charge in [-0.3, -0.25) is 19.5 Å². The Morgan fingerprint density at radius 2 is 2.25 bits per heavy atom. The molecule has 24 heavy (non-hydrogen) atoms. The first kappa shape index (κ1) is 15.9. The molecule has 0 saturated carbocycles. The maximum atomic E-state index is 12.6. The van der Waals surface area contributed by atoms with Crippen molar-refractivity contribution in [2.75, 3.05) is 11.9 Å². The summed E-state index contributed by atoms with van der Waals surface area (Å²) in [7, 11) is 1.61.